The second-order valence-electron chi connectivity index (χ2n) is 5.04. The standard InChI is InChI=1S/C12H18N2S/c13-14-12(10-3-4-15-7-10)11-6-8-1-2-9(11)5-8/h3-4,7-9,11-12,14H,1-2,5-6,13H2. The fourth-order valence-electron chi connectivity index (χ4n) is 3.62. The van der Waals surface area contributed by atoms with Crippen LogP contribution in [0.4, 0.5) is 0 Å². The molecule has 4 unspecified atom stereocenters. The second kappa shape index (κ2) is 3.89. The van der Waals surface area contributed by atoms with Gasteiger partial charge in [-0.2, -0.15) is 11.3 Å². The van der Waals surface area contributed by atoms with Gasteiger partial charge in [0.15, 0.2) is 0 Å². The van der Waals surface area contributed by atoms with Crippen molar-refractivity contribution in [2.45, 2.75) is 31.7 Å². The normalized spacial score (nSPS) is 35.9. The zero-order valence-electron chi connectivity index (χ0n) is 8.86. The van der Waals surface area contributed by atoms with Crippen molar-refractivity contribution in [3.8, 4) is 0 Å². The van der Waals surface area contributed by atoms with Crippen LogP contribution in [-0.2, 0) is 0 Å². The van der Waals surface area contributed by atoms with Crippen LogP contribution in [0.15, 0.2) is 16.8 Å². The van der Waals surface area contributed by atoms with E-state index < -0.39 is 0 Å². The highest BCUT2D eigenvalue weighted by atomic mass is 32.1. The largest absolute Gasteiger partial charge is 0.271 e. The van der Waals surface area contributed by atoms with Crippen LogP contribution < -0.4 is 11.3 Å². The van der Waals surface area contributed by atoms with Crippen LogP contribution in [0.3, 0.4) is 0 Å². The summed E-state index contributed by atoms with van der Waals surface area (Å²) >= 11 is 1.77. The van der Waals surface area contributed by atoms with Gasteiger partial charge in [-0.15, -0.1) is 0 Å². The zero-order chi connectivity index (χ0) is 10.3. The summed E-state index contributed by atoms with van der Waals surface area (Å²) in [4.78, 5) is 0. The van der Waals surface area contributed by atoms with Crippen molar-refractivity contribution in [1.82, 2.24) is 5.43 Å². The van der Waals surface area contributed by atoms with Gasteiger partial charge in [0.2, 0.25) is 0 Å². The molecule has 2 bridgehead atoms. The molecule has 0 saturated heterocycles. The minimum absolute atomic E-state index is 0.395. The summed E-state index contributed by atoms with van der Waals surface area (Å²) in [6, 6.07) is 2.60. The first kappa shape index (κ1) is 9.82. The first-order chi connectivity index (χ1) is 7.38. The predicted molar refractivity (Wildman–Crippen MR) is 63.3 cm³/mol. The lowest BCUT2D eigenvalue weighted by atomic mass is 9.81. The summed E-state index contributed by atoms with van der Waals surface area (Å²) in [5.41, 5.74) is 4.43. The van der Waals surface area contributed by atoms with Gasteiger partial charge in [-0.1, -0.05) is 6.42 Å². The Morgan fingerprint density at radius 1 is 1.40 bits per heavy atom. The molecular weight excluding hydrogens is 204 g/mol. The molecular formula is C12H18N2S. The maximum Gasteiger partial charge on any atom is 0.0499 e. The van der Waals surface area contributed by atoms with Gasteiger partial charge >= 0.3 is 0 Å². The molecule has 1 aromatic rings. The Bertz CT molecular complexity index is 322. The molecule has 2 fully saturated rings. The number of hydrogen-bond acceptors (Lipinski definition) is 3. The van der Waals surface area contributed by atoms with E-state index in [4.69, 9.17) is 5.84 Å². The number of nitrogens with one attached hydrogen (secondary N) is 1. The van der Waals surface area contributed by atoms with Gasteiger partial charge < -0.3 is 0 Å². The molecule has 3 heteroatoms. The monoisotopic (exact) mass is 222 g/mol. The zero-order valence-corrected chi connectivity index (χ0v) is 9.67. The molecule has 82 valence electrons. The molecule has 15 heavy (non-hydrogen) atoms. The Labute approximate surface area is 94.8 Å². The Morgan fingerprint density at radius 3 is 2.87 bits per heavy atom. The van der Waals surface area contributed by atoms with Gasteiger partial charge in [0, 0.05) is 6.04 Å². The third-order valence-corrected chi connectivity index (χ3v) is 5.00. The fourth-order valence-corrected chi connectivity index (χ4v) is 4.32. The van der Waals surface area contributed by atoms with Crippen LogP contribution in [0.5, 0.6) is 0 Å². The smallest absolute Gasteiger partial charge is 0.0499 e. The van der Waals surface area contributed by atoms with Crippen LogP contribution in [0.1, 0.15) is 37.3 Å². The molecule has 1 heterocycles. The Hall–Kier alpha value is -0.380. The van der Waals surface area contributed by atoms with Gasteiger partial charge in [0.1, 0.15) is 0 Å². The summed E-state index contributed by atoms with van der Waals surface area (Å²) in [7, 11) is 0. The highest BCUT2D eigenvalue weighted by Gasteiger charge is 2.43. The van der Waals surface area contributed by atoms with Crippen LogP contribution in [0.25, 0.3) is 0 Å². The van der Waals surface area contributed by atoms with E-state index in [-0.39, 0.29) is 0 Å². The average molecular weight is 222 g/mol. The third kappa shape index (κ3) is 1.63. The van der Waals surface area contributed by atoms with Crippen molar-refractivity contribution in [2.24, 2.45) is 23.6 Å². The van der Waals surface area contributed by atoms with Crippen LogP contribution in [0.2, 0.25) is 0 Å². The number of hydrazine groups is 1. The minimum atomic E-state index is 0.395. The molecule has 0 spiro atoms. The SMILES string of the molecule is NNC(c1ccsc1)C1CC2CCC1C2. The molecule has 2 nitrogen and oxygen atoms in total. The van der Waals surface area contributed by atoms with Crippen molar-refractivity contribution in [2.75, 3.05) is 0 Å². The molecule has 2 saturated carbocycles. The lowest BCUT2D eigenvalue weighted by Gasteiger charge is -2.29. The maximum atomic E-state index is 5.73. The van der Waals surface area contributed by atoms with E-state index in [0.29, 0.717) is 6.04 Å². The molecule has 4 atom stereocenters. The summed E-state index contributed by atoms with van der Waals surface area (Å²) < 4.78 is 0. The molecule has 2 aliphatic carbocycles. The van der Waals surface area contributed by atoms with Crippen molar-refractivity contribution in [3.05, 3.63) is 22.4 Å². The van der Waals surface area contributed by atoms with Gasteiger partial charge in [-0.3, -0.25) is 11.3 Å². The molecule has 0 amide bonds. The Balaban J connectivity index is 1.80. The van der Waals surface area contributed by atoms with E-state index in [1.807, 2.05) is 0 Å². The number of nitrogens with two attached hydrogens (primary N) is 1. The van der Waals surface area contributed by atoms with Crippen LogP contribution in [0, 0.1) is 17.8 Å². The summed E-state index contributed by atoms with van der Waals surface area (Å²) in [6.45, 7) is 0. The van der Waals surface area contributed by atoms with Crippen molar-refractivity contribution >= 4 is 11.3 Å². The molecule has 3 N–H and O–H groups in total. The third-order valence-electron chi connectivity index (χ3n) is 4.30. The Kier molecular flexibility index (Phi) is 2.54. The van der Waals surface area contributed by atoms with Gasteiger partial charge in [-0.25, -0.2) is 0 Å². The number of thiophene rings is 1. The van der Waals surface area contributed by atoms with E-state index in [1.165, 1.54) is 31.2 Å². The van der Waals surface area contributed by atoms with Gasteiger partial charge in [0.05, 0.1) is 0 Å². The molecule has 0 aromatic carbocycles. The molecule has 0 radical (unpaired) electrons. The van der Waals surface area contributed by atoms with Crippen LogP contribution >= 0.6 is 11.3 Å². The summed E-state index contributed by atoms with van der Waals surface area (Å²) in [5, 5.41) is 4.38. The first-order valence-corrected chi connectivity index (χ1v) is 6.81. The van der Waals surface area contributed by atoms with Crippen molar-refractivity contribution in [3.63, 3.8) is 0 Å². The van der Waals surface area contributed by atoms with E-state index >= 15 is 0 Å². The lowest BCUT2D eigenvalue weighted by Crippen LogP contribution is -2.35. The summed E-state index contributed by atoms with van der Waals surface area (Å²) in [5.74, 6) is 8.43. The number of rotatable bonds is 3. The lowest BCUT2D eigenvalue weighted by molar-refractivity contribution is 0.252. The molecule has 3 rings (SSSR count). The fraction of sp³-hybridized carbons (Fsp3) is 0.667. The highest BCUT2D eigenvalue weighted by molar-refractivity contribution is 7.07. The average Bonchev–Trinajstić information content (AvgIpc) is 2.94. The van der Waals surface area contributed by atoms with Crippen molar-refractivity contribution < 1.29 is 0 Å². The van der Waals surface area contributed by atoms with Crippen LogP contribution in [-0.4, -0.2) is 0 Å². The van der Waals surface area contributed by atoms with E-state index in [0.717, 1.165) is 17.8 Å². The maximum absolute atomic E-state index is 5.73. The minimum Gasteiger partial charge on any atom is -0.271 e. The molecule has 1 aromatic heterocycles. The number of fused-ring (bicyclic) bond motifs is 2. The first-order valence-electron chi connectivity index (χ1n) is 5.86. The second-order valence-corrected chi connectivity index (χ2v) is 5.82. The quantitative estimate of drug-likeness (QED) is 0.609. The molecule has 2 aliphatic rings. The van der Waals surface area contributed by atoms with Crippen molar-refractivity contribution in [1.29, 1.82) is 0 Å². The van der Waals surface area contributed by atoms with E-state index in [9.17, 15) is 0 Å². The highest BCUT2D eigenvalue weighted by Crippen LogP contribution is 2.52. The Morgan fingerprint density at radius 2 is 2.33 bits per heavy atom. The van der Waals surface area contributed by atoms with Gasteiger partial charge in [0.25, 0.3) is 0 Å². The van der Waals surface area contributed by atoms with Gasteiger partial charge in [-0.05, 0) is 59.4 Å². The van der Waals surface area contributed by atoms with E-state index in [1.54, 1.807) is 11.3 Å². The topological polar surface area (TPSA) is 38.0 Å². The molecule has 0 aliphatic heterocycles. The predicted octanol–water partition coefficient (Wildman–Crippen LogP) is 2.69. The summed E-state index contributed by atoms with van der Waals surface area (Å²) in [6.07, 6.45) is 5.72. The number of hydrogen-bond donors (Lipinski definition) is 2. The van der Waals surface area contributed by atoms with E-state index in [2.05, 4.69) is 22.3 Å².